The second-order valence-corrected chi connectivity index (χ2v) is 6.28. The number of hydrogen-bond donors (Lipinski definition) is 0. The summed E-state index contributed by atoms with van der Waals surface area (Å²) in [4.78, 5) is 25.4. The molecule has 2 rings (SSSR count). The minimum atomic E-state index is -0.343. The molecule has 0 aliphatic carbocycles. The summed E-state index contributed by atoms with van der Waals surface area (Å²) in [5.74, 6) is -0.356. The molecule has 0 spiro atoms. The largest absolute Gasteiger partial charge is 0.469 e. The Labute approximate surface area is 126 Å². The van der Waals surface area contributed by atoms with Crippen LogP contribution < -0.4 is 4.90 Å². The average molecular weight is 289 g/mol. The van der Waals surface area contributed by atoms with Crippen molar-refractivity contribution in [1.82, 2.24) is 0 Å². The van der Waals surface area contributed by atoms with Crippen molar-refractivity contribution < 1.29 is 14.3 Å². The van der Waals surface area contributed by atoms with E-state index in [4.69, 9.17) is 0 Å². The minimum Gasteiger partial charge on any atom is -0.469 e. The lowest BCUT2D eigenvalue weighted by Gasteiger charge is -2.39. The van der Waals surface area contributed by atoms with Gasteiger partial charge in [0.25, 0.3) is 0 Å². The van der Waals surface area contributed by atoms with E-state index in [0.29, 0.717) is 6.54 Å². The molecule has 0 saturated carbocycles. The molecule has 4 nitrogen and oxygen atoms in total. The molecule has 0 saturated heterocycles. The maximum atomic E-state index is 12.4. The van der Waals surface area contributed by atoms with Gasteiger partial charge in [0, 0.05) is 18.7 Å². The van der Waals surface area contributed by atoms with E-state index in [0.717, 1.165) is 12.1 Å². The third-order valence-electron chi connectivity index (χ3n) is 4.20. The summed E-state index contributed by atoms with van der Waals surface area (Å²) >= 11 is 0. The van der Waals surface area contributed by atoms with Crippen molar-refractivity contribution in [3.63, 3.8) is 0 Å². The Morgan fingerprint density at radius 3 is 2.67 bits per heavy atom. The highest BCUT2D eigenvalue weighted by molar-refractivity contribution is 5.96. The molecule has 1 aromatic rings. The molecular weight excluding hydrogens is 266 g/mol. The molecule has 0 N–H and O–H groups in total. The number of benzene rings is 1. The Kier molecular flexibility index (Phi) is 4.35. The van der Waals surface area contributed by atoms with E-state index < -0.39 is 0 Å². The highest BCUT2D eigenvalue weighted by Gasteiger charge is 2.33. The summed E-state index contributed by atoms with van der Waals surface area (Å²) in [6.45, 7) is 7.18. The lowest BCUT2D eigenvalue weighted by molar-refractivity contribution is -0.141. The van der Waals surface area contributed by atoms with Crippen LogP contribution in [-0.2, 0) is 19.7 Å². The van der Waals surface area contributed by atoms with Crippen LogP contribution in [0.25, 0.3) is 0 Å². The first-order chi connectivity index (χ1) is 9.85. The van der Waals surface area contributed by atoms with Crippen LogP contribution in [0.1, 0.15) is 44.2 Å². The van der Waals surface area contributed by atoms with Crippen LogP contribution in [0.15, 0.2) is 18.2 Å². The monoisotopic (exact) mass is 289 g/mol. The van der Waals surface area contributed by atoms with E-state index >= 15 is 0 Å². The Bertz CT molecular complexity index is 563. The van der Waals surface area contributed by atoms with E-state index in [9.17, 15) is 9.59 Å². The highest BCUT2D eigenvalue weighted by Crippen LogP contribution is 2.40. The molecule has 114 valence electrons. The first-order valence-corrected chi connectivity index (χ1v) is 7.33. The maximum Gasteiger partial charge on any atom is 0.306 e. The maximum absolute atomic E-state index is 12.4. The van der Waals surface area contributed by atoms with Crippen molar-refractivity contribution in [3.05, 3.63) is 29.3 Å². The van der Waals surface area contributed by atoms with Gasteiger partial charge in [-0.2, -0.15) is 0 Å². The molecular formula is C17H23NO3. The predicted molar refractivity (Wildman–Crippen MR) is 82.4 cm³/mol. The zero-order chi connectivity index (χ0) is 15.6. The van der Waals surface area contributed by atoms with Gasteiger partial charge in [-0.15, -0.1) is 0 Å². The number of carbonyl (C=O) groups is 2. The van der Waals surface area contributed by atoms with Gasteiger partial charge in [0.05, 0.1) is 13.5 Å². The molecule has 0 fully saturated rings. The van der Waals surface area contributed by atoms with Crippen molar-refractivity contribution in [1.29, 1.82) is 0 Å². The normalized spacial score (nSPS) is 16.3. The molecule has 0 unspecified atom stereocenters. The molecule has 1 heterocycles. The molecule has 1 aromatic carbocycles. The molecule has 1 aliphatic heterocycles. The molecule has 0 bridgehead atoms. The number of nitrogens with zero attached hydrogens (tertiary/aromatic N) is 1. The van der Waals surface area contributed by atoms with Crippen LogP contribution in [0.2, 0.25) is 0 Å². The number of carbonyl (C=O) groups excluding carboxylic acids is 2. The van der Waals surface area contributed by atoms with Crippen molar-refractivity contribution in [2.24, 2.45) is 0 Å². The number of hydrogen-bond acceptors (Lipinski definition) is 3. The van der Waals surface area contributed by atoms with E-state index in [1.54, 1.807) is 0 Å². The van der Waals surface area contributed by atoms with Crippen LogP contribution >= 0.6 is 0 Å². The molecule has 0 atom stereocenters. The van der Waals surface area contributed by atoms with Crippen LogP contribution in [0.4, 0.5) is 5.69 Å². The number of ether oxygens (including phenoxy) is 1. The summed E-state index contributed by atoms with van der Waals surface area (Å²) in [7, 11) is 1.34. The lowest BCUT2D eigenvalue weighted by atomic mass is 9.77. The number of aryl methyl sites for hydroxylation is 1. The second-order valence-electron chi connectivity index (χ2n) is 6.28. The summed E-state index contributed by atoms with van der Waals surface area (Å²) in [5, 5.41) is 0. The molecule has 4 heteroatoms. The molecule has 1 aliphatic rings. The quantitative estimate of drug-likeness (QED) is 0.804. The van der Waals surface area contributed by atoms with E-state index in [2.05, 4.69) is 31.6 Å². The fourth-order valence-electron chi connectivity index (χ4n) is 2.78. The Morgan fingerprint density at radius 2 is 2.00 bits per heavy atom. The van der Waals surface area contributed by atoms with Crippen molar-refractivity contribution in [2.45, 2.75) is 45.4 Å². The third-order valence-corrected chi connectivity index (χ3v) is 4.20. The smallest absolute Gasteiger partial charge is 0.306 e. The number of methoxy groups -OCH3 is 1. The van der Waals surface area contributed by atoms with Gasteiger partial charge >= 0.3 is 5.97 Å². The van der Waals surface area contributed by atoms with Gasteiger partial charge in [0.1, 0.15) is 0 Å². The zero-order valence-electron chi connectivity index (χ0n) is 13.2. The number of fused-ring (bicyclic) bond motifs is 1. The summed E-state index contributed by atoms with van der Waals surface area (Å²) in [5.41, 5.74) is 3.46. The van der Waals surface area contributed by atoms with Gasteiger partial charge in [-0.25, -0.2) is 0 Å². The van der Waals surface area contributed by atoms with Gasteiger partial charge in [0.15, 0.2) is 0 Å². The fourth-order valence-corrected chi connectivity index (χ4v) is 2.78. The van der Waals surface area contributed by atoms with Crippen LogP contribution in [0.3, 0.4) is 0 Å². The SMILES string of the molecule is COC(=O)CCC(=O)N1CCC(C)(C)c2cc(C)ccc21. The standard InChI is InChI=1S/C17H23NO3/c1-12-5-6-14-13(11-12)17(2,3)9-10-18(14)15(19)7-8-16(20)21-4/h5-6,11H,7-10H2,1-4H3. The van der Waals surface area contributed by atoms with Gasteiger partial charge in [-0.3, -0.25) is 9.59 Å². The van der Waals surface area contributed by atoms with E-state index in [-0.39, 0.29) is 30.1 Å². The van der Waals surface area contributed by atoms with Gasteiger partial charge in [-0.05, 0) is 30.4 Å². The van der Waals surface area contributed by atoms with E-state index in [1.807, 2.05) is 17.0 Å². The zero-order valence-corrected chi connectivity index (χ0v) is 13.2. The number of anilines is 1. The predicted octanol–water partition coefficient (Wildman–Crippen LogP) is 2.96. The number of esters is 1. The first kappa shape index (κ1) is 15.5. The van der Waals surface area contributed by atoms with Crippen LogP contribution in [0, 0.1) is 6.92 Å². The fraction of sp³-hybridized carbons (Fsp3) is 0.529. The molecule has 1 amide bonds. The van der Waals surface area contributed by atoms with Gasteiger partial charge < -0.3 is 9.64 Å². The Morgan fingerprint density at radius 1 is 1.29 bits per heavy atom. The van der Waals surface area contributed by atoms with Gasteiger partial charge in [-0.1, -0.05) is 31.5 Å². The molecule has 0 radical (unpaired) electrons. The molecule has 0 aromatic heterocycles. The van der Waals surface area contributed by atoms with Gasteiger partial charge in [0.2, 0.25) is 5.91 Å². The number of rotatable bonds is 3. The Hall–Kier alpha value is -1.84. The van der Waals surface area contributed by atoms with Crippen molar-refractivity contribution in [2.75, 3.05) is 18.6 Å². The summed E-state index contributed by atoms with van der Waals surface area (Å²) in [6, 6.07) is 6.21. The molecule has 21 heavy (non-hydrogen) atoms. The Balaban J connectivity index is 2.24. The van der Waals surface area contributed by atoms with Crippen molar-refractivity contribution >= 4 is 17.6 Å². The highest BCUT2D eigenvalue weighted by atomic mass is 16.5. The average Bonchev–Trinajstić information content (AvgIpc) is 2.45. The summed E-state index contributed by atoms with van der Waals surface area (Å²) < 4.78 is 4.60. The third kappa shape index (κ3) is 3.26. The lowest BCUT2D eigenvalue weighted by Crippen LogP contribution is -2.41. The first-order valence-electron chi connectivity index (χ1n) is 7.33. The van der Waals surface area contributed by atoms with E-state index in [1.165, 1.54) is 18.2 Å². The van der Waals surface area contributed by atoms with Crippen molar-refractivity contribution in [3.8, 4) is 0 Å². The number of amides is 1. The second kappa shape index (κ2) is 5.88. The minimum absolute atomic E-state index is 0.0130. The topological polar surface area (TPSA) is 46.6 Å². The summed E-state index contributed by atoms with van der Waals surface area (Å²) in [6.07, 6.45) is 1.25. The van der Waals surface area contributed by atoms with Crippen LogP contribution in [-0.4, -0.2) is 25.5 Å². The van der Waals surface area contributed by atoms with Crippen LogP contribution in [0.5, 0.6) is 0 Å².